The monoisotopic (exact) mass is 306 g/mol. The molecule has 4 heteroatoms. The van der Waals surface area contributed by atoms with Crippen LogP contribution in [0.25, 0.3) is 6.08 Å². The summed E-state index contributed by atoms with van der Waals surface area (Å²) in [6, 6.07) is 13.6. The van der Waals surface area contributed by atoms with Crippen molar-refractivity contribution in [2.24, 2.45) is 0 Å². The van der Waals surface area contributed by atoms with Crippen LogP contribution in [0.5, 0.6) is 0 Å². The molecule has 1 aliphatic rings. The zero-order chi connectivity index (χ0) is 16.2. The average Bonchev–Trinajstić information content (AvgIpc) is 3.19. The van der Waals surface area contributed by atoms with E-state index in [9.17, 15) is 4.79 Å². The summed E-state index contributed by atoms with van der Waals surface area (Å²) in [4.78, 5) is 14.6. The Balaban J connectivity index is 1.78. The molecular weight excluding hydrogens is 288 g/mol. The maximum Gasteiger partial charge on any atom is 0.257 e. The van der Waals surface area contributed by atoms with E-state index in [1.165, 1.54) is 6.07 Å². The normalized spacial score (nSPS) is 17.6. The molecule has 0 N–H and O–H groups in total. The van der Waals surface area contributed by atoms with Gasteiger partial charge in [-0.2, -0.15) is 5.26 Å². The minimum absolute atomic E-state index is 0.0621. The van der Waals surface area contributed by atoms with Crippen LogP contribution in [0.15, 0.2) is 46.9 Å². The number of hydrogen-bond acceptors (Lipinski definition) is 3. The summed E-state index contributed by atoms with van der Waals surface area (Å²) in [5, 5.41) is 8.90. The number of nitriles is 1. The molecule has 1 aromatic heterocycles. The van der Waals surface area contributed by atoms with Crippen LogP contribution in [-0.2, 0) is 0 Å². The van der Waals surface area contributed by atoms with Crippen molar-refractivity contribution in [2.45, 2.75) is 25.8 Å². The van der Waals surface area contributed by atoms with Crippen molar-refractivity contribution in [3.8, 4) is 6.07 Å². The second kappa shape index (κ2) is 6.53. The molecule has 2 heterocycles. The van der Waals surface area contributed by atoms with Crippen molar-refractivity contribution in [2.75, 3.05) is 6.54 Å². The summed E-state index contributed by atoms with van der Waals surface area (Å²) in [5.74, 6) is 0.624. The van der Waals surface area contributed by atoms with E-state index in [1.807, 2.05) is 41.3 Å². The molecule has 3 rings (SSSR count). The third-order valence-corrected chi connectivity index (χ3v) is 4.13. The standard InChI is InChI=1S/C19H18N2O2/c1-14-18(12-17(13-20)23-14)19(22)21-11-5-8-16(21)10-9-15-6-3-2-4-7-15/h2-4,6-7,9-10,12,16H,5,8,11H2,1H3/b10-9+/t16-/m1/s1. The van der Waals surface area contributed by atoms with Gasteiger partial charge in [-0.3, -0.25) is 4.79 Å². The summed E-state index contributed by atoms with van der Waals surface area (Å²) in [6.07, 6.45) is 6.08. The number of hydrogen-bond donors (Lipinski definition) is 0. The largest absolute Gasteiger partial charge is 0.450 e. The van der Waals surface area contributed by atoms with Gasteiger partial charge in [0, 0.05) is 12.6 Å². The zero-order valence-electron chi connectivity index (χ0n) is 13.0. The second-order valence-electron chi connectivity index (χ2n) is 5.67. The first kappa shape index (κ1) is 15.1. The molecule has 0 bridgehead atoms. The van der Waals surface area contributed by atoms with Gasteiger partial charge in [0.1, 0.15) is 11.8 Å². The number of carbonyl (C=O) groups excluding carboxylic acids is 1. The molecule has 1 aliphatic heterocycles. The summed E-state index contributed by atoms with van der Waals surface area (Å²) < 4.78 is 5.28. The topological polar surface area (TPSA) is 57.2 Å². The molecule has 0 spiro atoms. The molecule has 1 saturated heterocycles. The van der Waals surface area contributed by atoms with Crippen LogP contribution in [0.2, 0.25) is 0 Å². The number of aryl methyl sites for hydroxylation is 1. The van der Waals surface area contributed by atoms with Crippen LogP contribution in [0.3, 0.4) is 0 Å². The highest BCUT2D eigenvalue weighted by Gasteiger charge is 2.29. The van der Waals surface area contributed by atoms with E-state index in [4.69, 9.17) is 9.68 Å². The highest BCUT2D eigenvalue weighted by Crippen LogP contribution is 2.24. The van der Waals surface area contributed by atoms with E-state index in [0.717, 1.165) is 24.9 Å². The number of carbonyl (C=O) groups is 1. The first-order valence-corrected chi connectivity index (χ1v) is 7.74. The predicted octanol–water partition coefficient (Wildman–Crippen LogP) is 3.78. The fourth-order valence-corrected chi connectivity index (χ4v) is 2.94. The molecule has 0 saturated carbocycles. The third kappa shape index (κ3) is 3.19. The van der Waals surface area contributed by atoms with Gasteiger partial charge >= 0.3 is 0 Å². The van der Waals surface area contributed by atoms with E-state index in [-0.39, 0.29) is 17.7 Å². The van der Waals surface area contributed by atoms with E-state index in [1.54, 1.807) is 6.92 Å². The quantitative estimate of drug-likeness (QED) is 0.867. The van der Waals surface area contributed by atoms with Crippen molar-refractivity contribution in [1.29, 1.82) is 5.26 Å². The molecule has 0 radical (unpaired) electrons. The van der Waals surface area contributed by atoms with Crippen molar-refractivity contribution in [3.05, 3.63) is 65.1 Å². The number of rotatable bonds is 3. The first-order chi connectivity index (χ1) is 11.2. The fourth-order valence-electron chi connectivity index (χ4n) is 2.94. The molecule has 116 valence electrons. The third-order valence-electron chi connectivity index (χ3n) is 4.13. The van der Waals surface area contributed by atoms with Crippen LogP contribution in [0.1, 0.15) is 40.3 Å². The van der Waals surface area contributed by atoms with Gasteiger partial charge in [-0.05, 0) is 25.3 Å². The van der Waals surface area contributed by atoms with Crippen LogP contribution < -0.4 is 0 Å². The summed E-state index contributed by atoms with van der Waals surface area (Å²) in [5.41, 5.74) is 1.61. The molecule has 0 aliphatic carbocycles. The molecule has 1 aromatic carbocycles. The lowest BCUT2D eigenvalue weighted by Gasteiger charge is -2.22. The molecule has 2 aromatic rings. The lowest BCUT2D eigenvalue weighted by molar-refractivity contribution is 0.0760. The van der Waals surface area contributed by atoms with Crippen molar-refractivity contribution in [1.82, 2.24) is 4.90 Å². The first-order valence-electron chi connectivity index (χ1n) is 7.74. The maximum absolute atomic E-state index is 12.7. The van der Waals surface area contributed by atoms with E-state index in [2.05, 4.69) is 12.2 Å². The number of likely N-dealkylation sites (tertiary alicyclic amines) is 1. The number of amides is 1. The highest BCUT2D eigenvalue weighted by molar-refractivity contribution is 5.96. The van der Waals surface area contributed by atoms with Gasteiger partial charge in [0.15, 0.2) is 0 Å². The minimum atomic E-state index is -0.0621. The van der Waals surface area contributed by atoms with Gasteiger partial charge in [0.05, 0.1) is 11.6 Å². The van der Waals surface area contributed by atoms with Crippen molar-refractivity contribution >= 4 is 12.0 Å². The molecule has 4 nitrogen and oxygen atoms in total. The maximum atomic E-state index is 12.7. The molecule has 1 atom stereocenters. The Bertz CT molecular complexity index is 768. The molecular formula is C19H18N2O2. The molecule has 1 amide bonds. The van der Waals surface area contributed by atoms with E-state index in [0.29, 0.717) is 11.3 Å². The van der Waals surface area contributed by atoms with Gasteiger partial charge in [-0.25, -0.2) is 0 Å². The lowest BCUT2D eigenvalue weighted by Crippen LogP contribution is -2.34. The average molecular weight is 306 g/mol. The Kier molecular flexibility index (Phi) is 4.29. The fraction of sp³-hybridized carbons (Fsp3) is 0.263. The Hall–Kier alpha value is -2.80. The smallest absolute Gasteiger partial charge is 0.257 e. The second-order valence-corrected chi connectivity index (χ2v) is 5.67. The zero-order valence-corrected chi connectivity index (χ0v) is 13.0. The van der Waals surface area contributed by atoms with Gasteiger partial charge < -0.3 is 9.32 Å². The van der Waals surface area contributed by atoms with E-state index < -0.39 is 0 Å². The Morgan fingerprint density at radius 3 is 2.87 bits per heavy atom. The minimum Gasteiger partial charge on any atom is -0.450 e. The Morgan fingerprint density at radius 2 is 2.17 bits per heavy atom. The summed E-state index contributed by atoms with van der Waals surface area (Å²) in [7, 11) is 0. The summed E-state index contributed by atoms with van der Waals surface area (Å²) in [6.45, 7) is 2.45. The Labute approximate surface area is 135 Å². The Morgan fingerprint density at radius 1 is 1.39 bits per heavy atom. The van der Waals surface area contributed by atoms with Crippen molar-refractivity contribution < 1.29 is 9.21 Å². The molecule has 0 unspecified atom stereocenters. The predicted molar refractivity (Wildman–Crippen MR) is 87.7 cm³/mol. The highest BCUT2D eigenvalue weighted by atomic mass is 16.3. The van der Waals surface area contributed by atoms with Gasteiger partial charge in [-0.15, -0.1) is 0 Å². The SMILES string of the molecule is Cc1oc(C#N)cc1C(=O)N1CCC[C@@H]1/C=C/c1ccccc1. The van der Waals surface area contributed by atoms with Crippen LogP contribution in [-0.4, -0.2) is 23.4 Å². The van der Waals surface area contributed by atoms with Gasteiger partial charge in [0.2, 0.25) is 5.76 Å². The molecule has 1 fully saturated rings. The molecule has 23 heavy (non-hydrogen) atoms. The van der Waals surface area contributed by atoms with Crippen LogP contribution >= 0.6 is 0 Å². The van der Waals surface area contributed by atoms with Crippen LogP contribution in [0, 0.1) is 18.3 Å². The number of benzene rings is 1. The van der Waals surface area contributed by atoms with Crippen molar-refractivity contribution in [3.63, 3.8) is 0 Å². The number of nitrogens with zero attached hydrogens (tertiary/aromatic N) is 2. The summed E-state index contributed by atoms with van der Waals surface area (Å²) >= 11 is 0. The number of furan rings is 1. The van der Waals surface area contributed by atoms with Crippen LogP contribution in [0.4, 0.5) is 0 Å². The van der Waals surface area contributed by atoms with E-state index >= 15 is 0 Å². The lowest BCUT2D eigenvalue weighted by atomic mass is 10.1. The van der Waals surface area contributed by atoms with Gasteiger partial charge in [-0.1, -0.05) is 42.5 Å². The van der Waals surface area contributed by atoms with Gasteiger partial charge in [0.25, 0.3) is 5.91 Å².